The lowest BCUT2D eigenvalue weighted by Crippen LogP contribution is -2.30. The van der Waals surface area contributed by atoms with Crippen LogP contribution in [-0.2, 0) is 10.5 Å². The molecule has 0 atom stereocenters. The Balaban J connectivity index is 1.32. The monoisotopic (exact) mass is 549 g/mol. The number of hydrogen-bond donors (Lipinski definition) is 3. The van der Waals surface area contributed by atoms with Crippen LogP contribution >= 0.6 is 11.8 Å². The Kier molecular flexibility index (Phi) is 8.03. The van der Waals surface area contributed by atoms with Crippen molar-refractivity contribution in [3.8, 4) is 5.75 Å². The largest absolute Gasteiger partial charge is 0.508 e. The molecule has 2 aromatic heterocycles. The minimum Gasteiger partial charge on any atom is -0.508 e. The van der Waals surface area contributed by atoms with Crippen molar-refractivity contribution in [2.75, 3.05) is 5.32 Å². The molecule has 8 nitrogen and oxygen atoms in total. The van der Waals surface area contributed by atoms with E-state index >= 15 is 0 Å². The second-order valence-corrected chi connectivity index (χ2v) is 9.77. The molecule has 0 aliphatic heterocycles. The van der Waals surface area contributed by atoms with Crippen LogP contribution in [0.4, 0.5) is 5.69 Å². The number of carbonyl (C=O) groups excluding carboxylic acids is 2. The summed E-state index contributed by atoms with van der Waals surface area (Å²) >= 11 is 1.41. The molecule has 0 saturated carbocycles. The van der Waals surface area contributed by atoms with Crippen molar-refractivity contribution >= 4 is 46.3 Å². The van der Waals surface area contributed by atoms with E-state index in [0.717, 1.165) is 4.90 Å². The summed E-state index contributed by atoms with van der Waals surface area (Å²) in [5.74, 6) is -0.557. The van der Waals surface area contributed by atoms with E-state index in [-0.39, 0.29) is 11.4 Å². The fraction of sp³-hybridized carbons (Fsp3) is 0.0323. The van der Waals surface area contributed by atoms with Gasteiger partial charge in [-0.3, -0.25) is 14.6 Å². The number of nitrogens with one attached hydrogen (secondary N) is 2. The summed E-state index contributed by atoms with van der Waals surface area (Å²) in [6.07, 6.45) is 4.77. The zero-order chi connectivity index (χ0) is 27.9. The molecule has 0 spiro atoms. The Labute approximate surface area is 233 Å². The fourth-order valence-electron chi connectivity index (χ4n) is 3.84. The molecule has 3 aromatic carbocycles. The van der Waals surface area contributed by atoms with Crippen LogP contribution in [0, 0.1) is 0 Å². The molecular formula is C31H23N3O5S. The van der Waals surface area contributed by atoms with Gasteiger partial charge in [0.1, 0.15) is 17.0 Å². The number of rotatable bonds is 8. The van der Waals surface area contributed by atoms with Crippen LogP contribution < -0.4 is 16.3 Å². The number of thioether (sulfide) groups is 1. The molecule has 9 heteroatoms. The number of aromatic hydroxyl groups is 1. The van der Waals surface area contributed by atoms with Gasteiger partial charge >= 0.3 is 5.63 Å². The lowest BCUT2D eigenvalue weighted by atomic mass is 10.2. The highest BCUT2D eigenvalue weighted by Crippen LogP contribution is 2.26. The van der Waals surface area contributed by atoms with Crippen LogP contribution in [-0.4, -0.2) is 21.9 Å². The van der Waals surface area contributed by atoms with E-state index in [9.17, 15) is 19.5 Å². The van der Waals surface area contributed by atoms with Gasteiger partial charge in [-0.25, -0.2) is 4.79 Å². The van der Waals surface area contributed by atoms with Gasteiger partial charge in [0.15, 0.2) is 0 Å². The summed E-state index contributed by atoms with van der Waals surface area (Å²) in [4.78, 5) is 43.4. The standard InChI is InChI=1S/C31H23N3O5S/c35-25-12-11-22-15-23(31(38)39-28(22)17-25)19-40-26-10-4-9-24(16-26)33-30(37)27(14-20-6-5-13-32-18-20)34-29(36)21-7-2-1-3-8-21/h1-18,35H,19H2,(H,33,37)(H,34,36)/b27-14-. The Bertz CT molecular complexity index is 1770. The minimum absolute atomic E-state index is 0.0229. The van der Waals surface area contributed by atoms with Gasteiger partial charge in [-0.1, -0.05) is 30.3 Å². The number of amides is 2. The number of fused-ring (bicyclic) bond motifs is 1. The molecule has 0 bridgehead atoms. The summed E-state index contributed by atoms with van der Waals surface area (Å²) in [6, 6.07) is 25.7. The van der Waals surface area contributed by atoms with Crippen molar-refractivity contribution in [2.24, 2.45) is 0 Å². The fourth-order valence-corrected chi connectivity index (χ4v) is 4.75. The van der Waals surface area contributed by atoms with Crippen molar-refractivity contribution in [1.29, 1.82) is 0 Å². The molecule has 0 fully saturated rings. The summed E-state index contributed by atoms with van der Waals surface area (Å²) in [7, 11) is 0. The van der Waals surface area contributed by atoms with Gasteiger partial charge in [-0.15, -0.1) is 11.8 Å². The van der Waals surface area contributed by atoms with Gasteiger partial charge in [0, 0.05) is 51.3 Å². The predicted molar refractivity (Wildman–Crippen MR) is 155 cm³/mol. The predicted octanol–water partition coefficient (Wildman–Crippen LogP) is 5.60. The van der Waals surface area contributed by atoms with Crippen molar-refractivity contribution in [3.05, 3.63) is 136 Å². The normalized spacial score (nSPS) is 11.2. The summed E-state index contributed by atoms with van der Waals surface area (Å²) in [5.41, 5.74) is 1.95. The molecule has 2 heterocycles. The number of aromatic nitrogens is 1. The van der Waals surface area contributed by atoms with Crippen LogP contribution in [0.1, 0.15) is 21.5 Å². The quantitative estimate of drug-likeness (QED) is 0.131. The third-order valence-electron chi connectivity index (χ3n) is 5.80. The molecule has 0 radical (unpaired) electrons. The van der Waals surface area contributed by atoms with E-state index in [1.807, 2.05) is 6.07 Å². The average molecular weight is 550 g/mol. The summed E-state index contributed by atoms with van der Waals surface area (Å²) < 4.78 is 5.35. The van der Waals surface area contributed by atoms with Gasteiger partial charge in [0.25, 0.3) is 11.8 Å². The molecule has 3 N–H and O–H groups in total. The molecule has 0 saturated heterocycles. The summed E-state index contributed by atoms with van der Waals surface area (Å²) in [5, 5.41) is 15.9. The number of pyridine rings is 1. The number of hydrogen-bond acceptors (Lipinski definition) is 7. The van der Waals surface area contributed by atoms with E-state index in [1.165, 1.54) is 23.9 Å². The molecule has 5 aromatic rings. The maximum atomic E-state index is 13.3. The number of nitrogens with zero attached hydrogens (tertiary/aromatic N) is 1. The second-order valence-electron chi connectivity index (χ2n) is 8.72. The van der Waals surface area contributed by atoms with Crippen molar-refractivity contribution in [2.45, 2.75) is 10.6 Å². The van der Waals surface area contributed by atoms with Crippen molar-refractivity contribution in [3.63, 3.8) is 0 Å². The lowest BCUT2D eigenvalue weighted by molar-refractivity contribution is -0.113. The highest BCUT2D eigenvalue weighted by atomic mass is 32.2. The number of phenolic OH excluding ortho intramolecular Hbond substituents is 1. The molecule has 198 valence electrons. The zero-order valence-corrected chi connectivity index (χ0v) is 21.9. The maximum absolute atomic E-state index is 13.3. The first-order valence-corrected chi connectivity index (χ1v) is 13.2. The van der Waals surface area contributed by atoms with Crippen LogP contribution in [0.3, 0.4) is 0 Å². The SMILES string of the molecule is O=C(Nc1cccc(SCc2cc3ccc(O)cc3oc2=O)c1)/C(=C/c1cccnc1)NC(=O)c1ccccc1. The zero-order valence-electron chi connectivity index (χ0n) is 21.0. The van der Waals surface area contributed by atoms with E-state index in [4.69, 9.17) is 4.42 Å². The van der Waals surface area contributed by atoms with Crippen molar-refractivity contribution in [1.82, 2.24) is 10.3 Å². The molecule has 0 aliphatic carbocycles. The molecule has 5 rings (SSSR count). The highest BCUT2D eigenvalue weighted by molar-refractivity contribution is 7.98. The second kappa shape index (κ2) is 12.1. The van der Waals surface area contributed by atoms with Gasteiger partial charge in [0.2, 0.25) is 0 Å². The lowest BCUT2D eigenvalue weighted by Gasteiger charge is -2.12. The summed E-state index contributed by atoms with van der Waals surface area (Å²) in [6.45, 7) is 0. The third-order valence-corrected chi connectivity index (χ3v) is 6.84. The van der Waals surface area contributed by atoms with E-state index < -0.39 is 17.4 Å². The van der Waals surface area contributed by atoms with Crippen molar-refractivity contribution < 1.29 is 19.1 Å². The van der Waals surface area contributed by atoms with Gasteiger partial charge in [0.05, 0.1) is 0 Å². The minimum atomic E-state index is -0.506. The molecular weight excluding hydrogens is 526 g/mol. The Hall–Kier alpha value is -5.15. The first-order chi connectivity index (χ1) is 19.4. The van der Waals surface area contributed by atoms with E-state index in [0.29, 0.717) is 39.1 Å². The average Bonchev–Trinajstić information content (AvgIpc) is 2.97. The van der Waals surface area contributed by atoms with Gasteiger partial charge < -0.3 is 20.2 Å². The van der Waals surface area contributed by atoms with Crippen LogP contribution in [0.5, 0.6) is 5.75 Å². The number of anilines is 1. The first kappa shape index (κ1) is 26.5. The molecule has 0 aliphatic rings. The maximum Gasteiger partial charge on any atom is 0.340 e. The third kappa shape index (κ3) is 6.64. The van der Waals surface area contributed by atoms with E-state index in [1.54, 1.807) is 91.3 Å². The smallest absolute Gasteiger partial charge is 0.340 e. The Morgan fingerprint density at radius 2 is 1.80 bits per heavy atom. The van der Waals surface area contributed by atoms with Gasteiger partial charge in [-0.2, -0.15) is 0 Å². The number of phenols is 1. The Morgan fingerprint density at radius 1 is 0.950 bits per heavy atom. The molecule has 2 amide bonds. The number of benzene rings is 3. The first-order valence-electron chi connectivity index (χ1n) is 12.2. The Morgan fingerprint density at radius 3 is 2.60 bits per heavy atom. The van der Waals surface area contributed by atoms with Crippen LogP contribution in [0.15, 0.2) is 123 Å². The molecule has 40 heavy (non-hydrogen) atoms. The van der Waals surface area contributed by atoms with E-state index in [2.05, 4.69) is 15.6 Å². The highest BCUT2D eigenvalue weighted by Gasteiger charge is 2.15. The topological polar surface area (TPSA) is 122 Å². The number of carbonyl (C=O) groups is 2. The molecule has 0 unspecified atom stereocenters. The van der Waals surface area contributed by atoms with Crippen LogP contribution in [0.2, 0.25) is 0 Å². The van der Waals surface area contributed by atoms with Gasteiger partial charge in [-0.05, 0) is 66.2 Å². The van der Waals surface area contributed by atoms with Crippen LogP contribution in [0.25, 0.3) is 17.0 Å².